The van der Waals surface area contributed by atoms with E-state index in [0.29, 0.717) is 6.04 Å². The van der Waals surface area contributed by atoms with Crippen LogP contribution in [0.4, 0.5) is 0 Å². The van der Waals surface area contributed by atoms with Crippen molar-refractivity contribution in [2.45, 2.75) is 32.4 Å². The van der Waals surface area contributed by atoms with Crippen LogP contribution < -0.4 is 10.9 Å². The molecule has 1 aliphatic heterocycles. The SMILES string of the molecule is Cc1csc2c(=O)n(C[C@@H]3CCCN3)cnc12. The van der Waals surface area contributed by atoms with Crippen molar-refractivity contribution in [1.29, 1.82) is 0 Å². The number of hydrogen-bond donors (Lipinski definition) is 1. The van der Waals surface area contributed by atoms with Crippen molar-refractivity contribution in [3.05, 3.63) is 27.6 Å². The minimum Gasteiger partial charge on any atom is -0.312 e. The van der Waals surface area contributed by atoms with Crippen LogP contribution in [0.3, 0.4) is 0 Å². The Labute approximate surface area is 103 Å². The zero-order valence-electron chi connectivity index (χ0n) is 9.77. The second kappa shape index (κ2) is 4.23. The third-order valence-electron chi connectivity index (χ3n) is 3.30. The van der Waals surface area contributed by atoms with E-state index in [9.17, 15) is 4.79 Å². The second-order valence-electron chi connectivity index (χ2n) is 4.59. The van der Waals surface area contributed by atoms with Gasteiger partial charge in [-0.2, -0.15) is 0 Å². The summed E-state index contributed by atoms with van der Waals surface area (Å²) < 4.78 is 2.52. The highest BCUT2D eigenvalue weighted by molar-refractivity contribution is 7.17. The molecule has 1 N–H and O–H groups in total. The highest BCUT2D eigenvalue weighted by atomic mass is 32.1. The van der Waals surface area contributed by atoms with Gasteiger partial charge in [0.05, 0.1) is 11.8 Å². The Morgan fingerprint density at radius 3 is 3.29 bits per heavy atom. The van der Waals surface area contributed by atoms with Crippen molar-refractivity contribution >= 4 is 21.6 Å². The maximum Gasteiger partial charge on any atom is 0.271 e. The van der Waals surface area contributed by atoms with Gasteiger partial charge in [-0.25, -0.2) is 4.98 Å². The molecular weight excluding hydrogens is 234 g/mol. The summed E-state index contributed by atoms with van der Waals surface area (Å²) in [5.41, 5.74) is 2.05. The molecule has 0 aromatic carbocycles. The fourth-order valence-electron chi connectivity index (χ4n) is 2.34. The number of thiophene rings is 1. The molecule has 4 nitrogen and oxygen atoms in total. The molecule has 1 aliphatic rings. The summed E-state index contributed by atoms with van der Waals surface area (Å²) in [7, 11) is 0. The lowest BCUT2D eigenvalue weighted by Crippen LogP contribution is -2.32. The Kier molecular flexibility index (Phi) is 2.72. The third kappa shape index (κ3) is 1.89. The van der Waals surface area contributed by atoms with Crippen LogP contribution in [-0.4, -0.2) is 22.1 Å². The summed E-state index contributed by atoms with van der Waals surface area (Å²) >= 11 is 1.50. The van der Waals surface area contributed by atoms with Gasteiger partial charge in [0.15, 0.2) is 0 Å². The molecule has 0 bridgehead atoms. The molecule has 0 aliphatic carbocycles. The molecule has 0 amide bonds. The van der Waals surface area contributed by atoms with Gasteiger partial charge in [-0.15, -0.1) is 11.3 Å². The summed E-state index contributed by atoms with van der Waals surface area (Å²) in [4.78, 5) is 16.6. The summed E-state index contributed by atoms with van der Waals surface area (Å²) in [5, 5.41) is 5.40. The first-order valence-corrected chi connectivity index (χ1v) is 6.80. The number of aromatic nitrogens is 2. The van der Waals surface area contributed by atoms with Crippen LogP contribution >= 0.6 is 11.3 Å². The Bertz CT molecular complexity index is 595. The molecular formula is C12H15N3OS. The Hall–Kier alpha value is -1.20. The number of nitrogens with one attached hydrogen (secondary N) is 1. The van der Waals surface area contributed by atoms with E-state index in [-0.39, 0.29) is 5.56 Å². The topological polar surface area (TPSA) is 46.9 Å². The van der Waals surface area contributed by atoms with Crippen LogP contribution in [0, 0.1) is 6.92 Å². The van der Waals surface area contributed by atoms with Crippen molar-refractivity contribution in [3.8, 4) is 0 Å². The molecule has 1 fully saturated rings. The van der Waals surface area contributed by atoms with E-state index >= 15 is 0 Å². The van der Waals surface area contributed by atoms with Crippen LogP contribution in [0.1, 0.15) is 18.4 Å². The largest absolute Gasteiger partial charge is 0.312 e. The highest BCUT2D eigenvalue weighted by Gasteiger charge is 2.16. The molecule has 2 aromatic heterocycles. The number of aryl methyl sites for hydroxylation is 1. The van der Waals surface area contributed by atoms with Gasteiger partial charge in [0, 0.05) is 12.6 Å². The van der Waals surface area contributed by atoms with E-state index in [1.807, 2.05) is 12.3 Å². The predicted octanol–water partition coefficient (Wildman–Crippen LogP) is 1.52. The smallest absolute Gasteiger partial charge is 0.271 e. The van der Waals surface area contributed by atoms with Crippen molar-refractivity contribution in [2.24, 2.45) is 0 Å². The molecule has 0 spiro atoms. The van der Waals surface area contributed by atoms with Crippen LogP contribution in [0.5, 0.6) is 0 Å². The fraction of sp³-hybridized carbons (Fsp3) is 0.500. The summed E-state index contributed by atoms with van der Waals surface area (Å²) in [6.45, 7) is 3.79. The fourth-order valence-corrected chi connectivity index (χ4v) is 3.29. The lowest BCUT2D eigenvalue weighted by Gasteiger charge is -2.11. The number of fused-ring (bicyclic) bond motifs is 1. The van der Waals surface area contributed by atoms with Crippen LogP contribution in [0.15, 0.2) is 16.5 Å². The van der Waals surface area contributed by atoms with Crippen LogP contribution in [-0.2, 0) is 6.54 Å². The minimum atomic E-state index is 0.0989. The summed E-state index contributed by atoms with van der Waals surface area (Å²) in [6.07, 6.45) is 4.03. The lowest BCUT2D eigenvalue weighted by molar-refractivity contribution is 0.497. The normalized spacial score (nSPS) is 20.2. The van der Waals surface area contributed by atoms with Crippen molar-refractivity contribution in [1.82, 2.24) is 14.9 Å². The quantitative estimate of drug-likeness (QED) is 0.877. The minimum absolute atomic E-state index is 0.0989. The van der Waals surface area contributed by atoms with Gasteiger partial charge in [-0.3, -0.25) is 9.36 Å². The molecule has 90 valence electrons. The molecule has 5 heteroatoms. The van der Waals surface area contributed by atoms with Gasteiger partial charge in [-0.1, -0.05) is 0 Å². The van der Waals surface area contributed by atoms with E-state index in [0.717, 1.165) is 35.3 Å². The molecule has 2 aromatic rings. The maximum atomic E-state index is 12.2. The molecule has 0 unspecified atom stereocenters. The zero-order valence-corrected chi connectivity index (χ0v) is 10.6. The van der Waals surface area contributed by atoms with Gasteiger partial charge in [0.2, 0.25) is 0 Å². The van der Waals surface area contributed by atoms with E-state index < -0.39 is 0 Å². The number of hydrogen-bond acceptors (Lipinski definition) is 4. The Balaban J connectivity index is 1.99. The van der Waals surface area contributed by atoms with Gasteiger partial charge in [0.1, 0.15) is 4.70 Å². The Morgan fingerprint density at radius 2 is 2.53 bits per heavy atom. The third-order valence-corrected chi connectivity index (χ3v) is 4.38. The number of nitrogens with zero attached hydrogens (tertiary/aromatic N) is 2. The first-order chi connectivity index (χ1) is 8.25. The molecule has 3 rings (SSSR count). The van der Waals surface area contributed by atoms with Crippen LogP contribution in [0.2, 0.25) is 0 Å². The van der Waals surface area contributed by atoms with E-state index in [4.69, 9.17) is 0 Å². The molecule has 1 saturated heterocycles. The first-order valence-electron chi connectivity index (χ1n) is 5.92. The first kappa shape index (κ1) is 10.9. The molecule has 0 radical (unpaired) electrons. The average molecular weight is 249 g/mol. The highest BCUT2D eigenvalue weighted by Crippen LogP contribution is 2.19. The summed E-state index contributed by atoms with van der Waals surface area (Å²) in [6, 6.07) is 0.424. The zero-order chi connectivity index (χ0) is 11.8. The summed E-state index contributed by atoms with van der Waals surface area (Å²) in [5.74, 6) is 0. The van der Waals surface area contributed by atoms with Gasteiger partial charge >= 0.3 is 0 Å². The van der Waals surface area contributed by atoms with Crippen molar-refractivity contribution < 1.29 is 0 Å². The standard InChI is InChI=1S/C12H15N3OS/c1-8-6-17-11-10(8)14-7-15(12(11)16)5-9-3-2-4-13-9/h6-7,9,13H,2-5H2,1H3/t9-/m0/s1. The second-order valence-corrected chi connectivity index (χ2v) is 5.47. The Morgan fingerprint density at radius 1 is 1.65 bits per heavy atom. The maximum absolute atomic E-state index is 12.2. The molecule has 3 heterocycles. The number of rotatable bonds is 2. The van der Waals surface area contributed by atoms with Crippen molar-refractivity contribution in [3.63, 3.8) is 0 Å². The van der Waals surface area contributed by atoms with E-state index in [2.05, 4.69) is 10.3 Å². The van der Waals surface area contributed by atoms with Gasteiger partial charge < -0.3 is 5.32 Å². The van der Waals surface area contributed by atoms with E-state index in [1.54, 1.807) is 10.9 Å². The van der Waals surface area contributed by atoms with E-state index in [1.165, 1.54) is 17.8 Å². The van der Waals surface area contributed by atoms with Gasteiger partial charge in [-0.05, 0) is 37.3 Å². The van der Waals surface area contributed by atoms with Gasteiger partial charge in [0.25, 0.3) is 5.56 Å². The predicted molar refractivity (Wildman–Crippen MR) is 69.6 cm³/mol. The molecule has 17 heavy (non-hydrogen) atoms. The molecule has 0 saturated carbocycles. The molecule has 1 atom stereocenters. The van der Waals surface area contributed by atoms with Crippen LogP contribution in [0.25, 0.3) is 10.2 Å². The average Bonchev–Trinajstić information content (AvgIpc) is 2.93. The van der Waals surface area contributed by atoms with Crippen molar-refractivity contribution in [2.75, 3.05) is 6.54 Å². The lowest BCUT2D eigenvalue weighted by atomic mass is 10.2. The monoisotopic (exact) mass is 249 g/mol.